The van der Waals surface area contributed by atoms with E-state index in [1.54, 1.807) is 25.3 Å². The van der Waals surface area contributed by atoms with E-state index < -0.39 is 10.0 Å². The Morgan fingerprint density at radius 3 is 2.82 bits per heavy atom. The molecule has 7 nitrogen and oxygen atoms in total. The van der Waals surface area contributed by atoms with Crippen molar-refractivity contribution in [1.82, 2.24) is 4.31 Å². The van der Waals surface area contributed by atoms with Gasteiger partial charge in [0.1, 0.15) is 0 Å². The molecule has 4 aliphatic rings. The van der Waals surface area contributed by atoms with Crippen LogP contribution in [0, 0.1) is 5.41 Å². The Hall–Kier alpha value is -1.77. The maximum atomic E-state index is 13.2. The number of anilines is 1. The van der Waals surface area contributed by atoms with E-state index in [0.717, 1.165) is 37.9 Å². The molecule has 1 saturated carbocycles. The van der Waals surface area contributed by atoms with Gasteiger partial charge in [0.2, 0.25) is 15.8 Å². The highest BCUT2D eigenvalue weighted by atomic mass is 32.2. The molecule has 0 N–H and O–H groups in total. The van der Waals surface area contributed by atoms with Crippen LogP contribution >= 0.6 is 0 Å². The number of methoxy groups -OCH3 is 1. The van der Waals surface area contributed by atoms with Gasteiger partial charge in [0.25, 0.3) is 0 Å². The topological polar surface area (TPSA) is 79.3 Å². The molecular formula is C20H25N3O4S. The van der Waals surface area contributed by atoms with Crippen molar-refractivity contribution in [3.8, 4) is 0 Å². The van der Waals surface area contributed by atoms with Gasteiger partial charge < -0.3 is 9.64 Å². The fraction of sp³-hybridized carbons (Fsp3) is 0.600. The molecule has 1 saturated heterocycles. The summed E-state index contributed by atoms with van der Waals surface area (Å²) in [6.45, 7) is 2.38. The fourth-order valence-electron chi connectivity index (χ4n) is 5.01. The van der Waals surface area contributed by atoms with E-state index in [4.69, 9.17) is 4.74 Å². The second kappa shape index (κ2) is 6.37. The minimum absolute atomic E-state index is 0.145. The van der Waals surface area contributed by atoms with Crippen LogP contribution in [0.1, 0.15) is 42.5 Å². The first-order chi connectivity index (χ1) is 13.5. The van der Waals surface area contributed by atoms with E-state index in [1.165, 1.54) is 10.7 Å². The molecule has 0 aromatic heterocycles. The number of benzene rings is 1. The lowest BCUT2D eigenvalue weighted by molar-refractivity contribution is 0.106. The second-order valence-corrected chi connectivity index (χ2v) is 10.3. The van der Waals surface area contributed by atoms with Gasteiger partial charge in [-0.1, -0.05) is 6.42 Å². The Morgan fingerprint density at radius 2 is 2.11 bits per heavy atom. The molecule has 1 aliphatic carbocycles. The standard InChI is InChI=1S/C20H25N3O4S/c1-27-11-14-4-2-9-23(14)28(25,26)15-5-6-17-16(10-15)18(24)19-21-12-20(7-3-8-20)13-22(17)19/h5-6,10,14H,2-4,7-9,11-13H2,1H3/t14-/m0/s1. The Labute approximate surface area is 165 Å². The summed E-state index contributed by atoms with van der Waals surface area (Å²) in [6.07, 6.45) is 5.13. The number of carbonyl (C=O) groups excluding carboxylic acids is 1. The Morgan fingerprint density at radius 1 is 1.29 bits per heavy atom. The molecule has 0 radical (unpaired) electrons. The molecule has 1 atom stereocenters. The highest BCUT2D eigenvalue weighted by Crippen LogP contribution is 2.47. The number of nitrogens with zero attached hydrogens (tertiary/aromatic N) is 3. The van der Waals surface area contributed by atoms with Gasteiger partial charge in [0, 0.05) is 38.2 Å². The van der Waals surface area contributed by atoms with Crippen molar-refractivity contribution in [3.63, 3.8) is 0 Å². The van der Waals surface area contributed by atoms with E-state index in [0.29, 0.717) is 31.1 Å². The van der Waals surface area contributed by atoms with Gasteiger partial charge >= 0.3 is 0 Å². The first-order valence-electron chi connectivity index (χ1n) is 9.97. The first kappa shape index (κ1) is 18.3. The molecule has 0 amide bonds. The van der Waals surface area contributed by atoms with Crippen molar-refractivity contribution < 1.29 is 17.9 Å². The number of aliphatic imine (C=N–C) groups is 1. The molecule has 3 heterocycles. The molecule has 0 unspecified atom stereocenters. The summed E-state index contributed by atoms with van der Waals surface area (Å²) in [5, 5.41) is 0. The third-order valence-electron chi connectivity index (χ3n) is 6.72. The maximum absolute atomic E-state index is 13.2. The molecule has 2 fully saturated rings. The molecule has 1 aromatic carbocycles. The van der Waals surface area contributed by atoms with E-state index in [-0.39, 0.29) is 22.1 Å². The summed E-state index contributed by atoms with van der Waals surface area (Å²) in [7, 11) is -2.08. The van der Waals surface area contributed by atoms with Crippen molar-refractivity contribution in [2.75, 3.05) is 38.3 Å². The summed E-state index contributed by atoms with van der Waals surface area (Å²) in [4.78, 5) is 19.7. The number of rotatable bonds is 4. The molecule has 1 spiro atoms. The third kappa shape index (κ3) is 2.58. The monoisotopic (exact) mass is 403 g/mol. The lowest BCUT2D eigenvalue weighted by Crippen LogP contribution is -2.50. The Balaban J connectivity index is 1.49. The van der Waals surface area contributed by atoms with Crippen LogP contribution in [0.15, 0.2) is 28.1 Å². The number of Topliss-reactive ketones (excluding diaryl/α,β-unsaturated/α-hetero) is 1. The number of fused-ring (bicyclic) bond motifs is 3. The number of carbonyl (C=O) groups is 1. The molecule has 28 heavy (non-hydrogen) atoms. The van der Waals surface area contributed by atoms with Crippen molar-refractivity contribution in [1.29, 1.82) is 0 Å². The summed E-state index contributed by atoms with van der Waals surface area (Å²) in [5.41, 5.74) is 1.45. The lowest BCUT2D eigenvalue weighted by atomic mass is 9.68. The average Bonchev–Trinajstić information content (AvgIpc) is 3.24. The zero-order chi connectivity index (χ0) is 19.5. The van der Waals surface area contributed by atoms with Gasteiger partial charge in [-0.15, -0.1) is 0 Å². The van der Waals surface area contributed by atoms with Crippen molar-refractivity contribution in [2.45, 2.75) is 43.0 Å². The highest BCUT2D eigenvalue weighted by Gasteiger charge is 2.47. The number of sulfonamides is 1. The second-order valence-electron chi connectivity index (χ2n) is 8.45. The minimum Gasteiger partial charge on any atom is -0.383 e. The van der Waals surface area contributed by atoms with Gasteiger partial charge in [-0.25, -0.2) is 8.42 Å². The van der Waals surface area contributed by atoms with Crippen molar-refractivity contribution in [2.24, 2.45) is 10.4 Å². The van der Waals surface area contributed by atoms with Gasteiger partial charge in [0.05, 0.1) is 22.8 Å². The summed E-state index contributed by atoms with van der Waals surface area (Å²) < 4.78 is 33.1. The molecule has 150 valence electrons. The van der Waals surface area contributed by atoms with Crippen LogP contribution in [0.2, 0.25) is 0 Å². The predicted molar refractivity (Wildman–Crippen MR) is 105 cm³/mol. The van der Waals surface area contributed by atoms with Gasteiger partial charge in [-0.2, -0.15) is 4.31 Å². The van der Waals surface area contributed by atoms with Gasteiger partial charge in [-0.05, 0) is 43.9 Å². The van der Waals surface area contributed by atoms with Crippen LogP contribution in [-0.2, 0) is 14.8 Å². The zero-order valence-electron chi connectivity index (χ0n) is 16.1. The van der Waals surface area contributed by atoms with Crippen LogP contribution in [-0.4, -0.2) is 63.7 Å². The summed E-state index contributed by atoms with van der Waals surface area (Å²) >= 11 is 0. The van der Waals surface area contributed by atoms with Crippen LogP contribution in [0.25, 0.3) is 0 Å². The minimum atomic E-state index is -3.66. The lowest BCUT2D eigenvalue weighted by Gasteiger charge is -2.46. The first-order valence-corrected chi connectivity index (χ1v) is 11.4. The normalized spacial score (nSPS) is 26.2. The molecule has 0 bridgehead atoms. The molecule has 8 heteroatoms. The smallest absolute Gasteiger partial charge is 0.243 e. The predicted octanol–water partition coefficient (Wildman–Crippen LogP) is 2.07. The molecule has 1 aromatic rings. The van der Waals surface area contributed by atoms with Crippen LogP contribution in [0.3, 0.4) is 0 Å². The Kier molecular flexibility index (Phi) is 4.16. The largest absolute Gasteiger partial charge is 0.383 e. The van der Waals surface area contributed by atoms with Crippen LogP contribution in [0.4, 0.5) is 5.69 Å². The number of amidine groups is 1. The highest BCUT2D eigenvalue weighted by molar-refractivity contribution is 7.89. The summed E-state index contributed by atoms with van der Waals surface area (Å²) in [5.74, 6) is 0.316. The average molecular weight is 404 g/mol. The number of ketones is 1. The van der Waals surface area contributed by atoms with E-state index >= 15 is 0 Å². The molecular weight excluding hydrogens is 378 g/mol. The number of ether oxygens (including phenoxy) is 1. The van der Waals surface area contributed by atoms with E-state index in [9.17, 15) is 13.2 Å². The van der Waals surface area contributed by atoms with Crippen LogP contribution in [0.5, 0.6) is 0 Å². The summed E-state index contributed by atoms with van der Waals surface area (Å²) in [6, 6.07) is 4.81. The molecule has 5 rings (SSSR count). The number of hydrogen-bond acceptors (Lipinski definition) is 6. The van der Waals surface area contributed by atoms with Crippen molar-refractivity contribution in [3.05, 3.63) is 23.8 Å². The Bertz CT molecular complexity index is 968. The molecule has 3 aliphatic heterocycles. The van der Waals surface area contributed by atoms with Crippen molar-refractivity contribution >= 4 is 27.3 Å². The zero-order valence-corrected chi connectivity index (χ0v) is 16.9. The van der Waals surface area contributed by atoms with E-state index in [2.05, 4.69) is 4.99 Å². The fourth-order valence-corrected chi connectivity index (χ4v) is 6.71. The van der Waals surface area contributed by atoms with Gasteiger partial charge in [0.15, 0.2) is 5.84 Å². The van der Waals surface area contributed by atoms with E-state index in [1.807, 2.05) is 4.90 Å². The maximum Gasteiger partial charge on any atom is 0.243 e. The van der Waals surface area contributed by atoms with Crippen LogP contribution < -0.4 is 4.90 Å². The number of hydrogen-bond donors (Lipinski definition) is 0. The third-order valence-corrected chi connectivity index (χ3v) is 8.67. The SMILES string of the molecule is COC[C@@H]1CCCN1S(=O)(=O)c1ccc2c(c1)C(=O)C1=NCC3(CCC3)CN12. The van der Waals surface area contributed by atoms with Gasteiger partial charge in [-0.3, -0.25) is 9.79 Å². The quantitative estimate of drug-likeness (QED) is 0.769.